The molecule has 0 unspecified atom stereocenters. The zero-order valence-electron chi connectivity index (χ0n) is 10.3. The van der Waals surface area contributed by atoms with Crippen molar-refractivity contribution in [1.82, 2.24) is 5.32 Å². The van der Waals surface area contributed by atoms with Crippen LogP contribution in [0, 0.1) is 18.2 Å². The fourth-order valence-corrected chi connectivity index (χ4v) is 1.82. The van der Waals surface area contributed by atoms with Gasteiger partial charge in [-0.15, -0.1) is 0 Å². The van der Waals surface area contributed by atoms with Crippen molar-refractivity contribution in [2.45, 2.75) is 19.8 Å². The van der Waals surface area contributed by atoms with Crippen molar-refractivity contribution in [2.75, 3.05) is 18.5 Å². The molecule has 1 aliphatic carbocycles. The Morgan fingerprint density at radius 2 is 2.17 bits per heavy atom. The van der Waals surface area contributed by atoms with E-state index < -0.39 is 0 Å². The molecule has 2 amide bonds. The van der Waals surface area contributed by atoms with Crippen LogP contribution in [-0.4, -0.2) is 24.3 Å². The summed E-state index contributed by atoms with van der Waals surface area (Å²) in [6.07, 6.45) is 1.87. The normalized spacial score (nSPS) is 16.2. The lowest BCUT2D eigenvalue weighted by Crippen LogP contribution is -2.35. The van der Waals surface area contributed by atoms with Crippen LogP contribution in [0.4, 0.5) is 14.9 Å². The Kier molecular flexibility index (Phi) is 3.52. The second kappa shape index (κ2) is 4.94. The molecule has 1 aromatic carbocycles. The maximum Gasteiger partial charge on any atom is 0.319 e. The SMILES string of the molecule is Cc1cc(F)cc(NC(=O)NCC2(CO)CC2)c1. The lowest BCUT2D eigenvalue weighted by molar-refractivity contribution is 0.206. The zero-order chi connectivity index (χ0) is 13.2. The van der Waals surface area contributed by atoms with Crippen molar-refractivity contribution in [3.05, 3.63) is 29.6 Å². The van der Waals surface area contributed by atoms with Gasteiger partial charge in [-0.25, -0.2) is 9.18 Å². The van der Waals surface area contributed by atoms with Gasteiger partial charge in [-0.3, -0.25) is 0 Å². The molecule has 98 valence electrons. The average Bonchev–Trinajstić information content (AvgIpc) is 3.05. The average molecular weight is 252 g/mol. The lowest BCUT2D eigenvalue weighted by Gasteiger charge is -2.13. The van der Waals surface area contributed by atoms with E-state index in [4.69, 9.17) is 5.11 Å². The minimum atomic E-state index is -0.376. The fourth-order valence-electron chi connectivity index (χ4n) is 1.82. The van der Waals surface area contributed by atoms with Gasteiger partial charge >= 0.3 is 6.03 Å². The Morgan fingerprint density at radius 3 is 2.72 bits per heavy atom. The van der Waals surface area contributed by atoms with E-state index in [1.165, 1.54) is 12.1 Å². The number of benzene rings is 1. The van der Waals surface area contributed by atoms with Gasteiger partial charge in [-0.05, 0) is 43.5 Å². The Balaban J connectivity index is 1.87. The van der Waals surface area contributed by atoms with E-state index in [1.807, 2.05) is 0 Å². The Hall–Kier alpha value is -1.62. The first-order chi connectivity index (χ1) is 8.53. The smallest absolute Gasteiger partial charge is 0.319 e. The van der Waals surface area contributed by atoms with Crippen molar-refractivity contribution in [1.29, 1.82) is 0 Å². The van der Waals surface area contributed by atoms with Gasteiger partial charge in [-0.2, -0.15) is 0 Å². The molecule has 4 nitrogen and oxygen atoms in total. The Labute approximate surface area is 105 Å². The second-order valence-corrected chi connectivity index (χ2v) is 4.98. The largest absolute Gasteiger partial charge is 0.396 e. The van der Waals surface area contributed by atoms with E-state index in [2.05, 4.69) is 10.6 Å². The number of carbonyl (C=O) groups excluding carboxylic acids is 1. The highest BCUT2D eigenvalue weighted by molar-refractivity contribution is 5.89. The topological polar surface area (TPSA) is 61.4 Å². The highest BCUT2D eigenvalue weighted by Gasteiger charge is 2.42. The van der Waals surface area contributed by atoms with Gasteiger partial charge in [0.1, 0.15) is 5.82 Å². The van der Waals surface area contributed by atoms with Gasteiger partial charge < -0.3 is 15.7 Å². The van der Waals surface area contributed by atoms with Gasteiger partial charge in [0.15, 0.2) is 0 Å². The summed E-state index contributed by atoms with van der Waals surface area (Å²) in [5, 5.41) is 14.4. The summed E-state index contributed by atoms with van der Waals surface area (Å²) >= 11 is 0. The van der Waals surface area contributed by atoms with Crippen molar-refractivity contribution < 1.29 is 14.3 Å². The zero-order valence-corrected chi connectivity index (χ0v) is 10.3. The quantitative estimate of drug-likeness (QED) is 0.767. The highest BCUT2D eigenvalue weighted by atomic mass is 19.1. The number of rotatable bonds is 4. The predicted octanol–water partition coefficient (Wildman–Crippen LogP) is 2.03. The fraction of sp³-hybridized carbons (Fsp3) is 0.462. The molecule has 1 saturated carbocycles. The molecule has 0 aromatic heterocycles. The van der Waals surface area contributed by atoms with E-state index in [9.17, 15) is 9.18 Å². The van der Waals surface area contributed by atoms with Crippen LogP contribution in [0.1, 0.15) is 18.4 Å². The number of carbonyl (C=O) groups is 1. The number of amides is 2. The van der Waals surface area contributed by atoms with E-state index >= 15 is 0 Å². The maximum atomic E-state index is 13.1. The number of aliphatic hydroxyl groups excluding tert-OH is 1. The summed E-state index contributed by atoms with van der Waals surface area (Å²) in [4.78, 5) is 11.6. The van der Waals surface area contributed by atoms with E-state index in [0.717, 1.165) is 18.4 Å². The molecule has 0 aliphatic heterocycles. The molecule has 1 fully saturated rings. The second-order valence-electron chi connectivity index (χ2n) is 4.98. The minimum absolute atomic E-state index is 0.0896. The monoisotopic (exact) mass is 252 g/mol. The molecule has 0 heterocycles. The lowest BCUT2D eigenvalue weighted by atomic mass is 10.1. The van der Waals surface area contributed by atoms with Gasteiger partial charge in [0.2, 0.25) is 0 Å². The third-order valence-corrected chi connectivity index (χ3v) is 3.22. The summed E-state index contributed by atoms with van der Waals surface area (Å²) in [5.41, 5.74) is 1.05. The minimum Gasteiger partial charge on any atom is -0.396 e. The maximum absolute atomic E-state index is 13.1. The van der Waals surface area contributed by atoms with Crippen LogP contribution >= 0.6 is 0 Å². The van der Waals surface area contributed by atoms with Crippen LogP contribution in [-0.2, 0) is 0 Å². The van der Waals surface area contributed by atoms with Crippen molar-refractivity contribution in [2.24, 2.45) is 5.41 Å². The molecule has 5 heteroatoms. The molecule has 0 atom stereocenters. The Bertz CT molecular complexity index is 438. The van der Waals surface area contributed by atoms with Crippen LogP contribution in [0.25, 0.3) is 0 Å². The summed E-state index contributed by atoms with van der Waals surface area (Å²) in [6, 6.07) is 3.99. The summed E-state index contributed by atoms with van der Waals surface area (Å²) in [5.74, 6) is -0.376. The van der Waals surface area contributed by atoms with E-state index in [1.54, 1.807) is 13.0 Å². The first kappa shape index (κ1) is 12.8. The van der Waals surface area contributed by atoms with Gasteiger partial charge in [0, 0.05) is 17.6 Å². The van der Waals surface area contributed by atoms with Crippen molar-refractivity contribution in [3.63, 3.8) is 0 Å². The predicted molar refractivity (Wildman–Crippen MR) is 66.9 cm³/mol. The molecule has 18 heavy (non-hydrogen) atoms. The highest BCUT2D eigenvalue weighted by Crippen LogP contribution is 2.44. The van der Waals surface area contributed by atoms with Gasteiger partial charge in [0.25, 0.3) is 0 Å². The molecule has 0 radical (unpaired) electrons. The number of anilines is 1. The van der Waals surface area contributed by atoms with E-state index in [0.29, 0.717) is 12.2 Å². The number of nitrogens with one attached hydrogen (secondary N) is 2. The summed E-state index contributed by atoms with van der Waals surface area (Å²) in [7, 11) is 0. The molecular weight excluding hydrogens is 235 g/mol. The van der Waals surface area contributed by atoms with Crippen LogP contribution in [0.3, 0.4) is 0 Å². The van der Waals surface area contributed by atoms with Gasteiger partial charge in [-0.1, -0.05) is 0 Å². The molecule has 3 N–H and O–H groups in total. The first-order valence-electron chi connectivity index (χ1n) is 5.96. The van der Waals surface area contributed by atoms with Crippen LogP contribution in [0.2, 0.25) is 0 Å². The molecule has 2 rings (SSSR count). The number of urea groups is 1. The molecule has 0 saturated heterocycles. The van der Waals surface area contributed by atoms with Crippen LogP contribution in [0.15, 0.2) is 18.2 Å². The number of aliphatic hydroxyl groups is 1. The molecule has 1 aromatic rings. The standard InChI is InChI=1S/C13H17FN2O2/c1-9-4-10(14)6-11(5-9)16-12(18)15-7-13(8-17)2-3-13/h4-6,17H,2-3,7-8H2,1H3,(H2,15,16,18). The first-order valence-corrected chi connectivity index (χ1v) is 5.96. The third kappa shape index (κ3) is 3.20. The van der Waals surface area contributed by atoms with Crippen molar-refractivity contribution >= 4 is 11.7 Å². The summed E-state index contributed by atoms with van der Waals surface area (Å²) < 4.78 is 13.1. The number of hydrogen-bond donors (Lipinski definition) is 3. The van der Waals surface area contributed by atoms with Gasteiger partial charge in [0.05, 0.1) is 6.61 Å². The van der Waals surface area contributed by atoms with Crippen molar-refractivity contribution in [3.8, 4) is 0 Å². The molecular formula is C13H17FN2O2. The number of aryl methyl sites for hydroxylation is 1. The number of halogens is 1. The van der Waals surface area contributed by atoms with Crippen LogP contribution in [0.5, 0.6) is 0 Å². The summed E-state index contributed by atoms with van der Waals surface area (Å²) in [6.45, 7) is 2.30. The van der Waals surface area contributed by atoms with E-state index in [-0.39, 0.29) is 23.9 Å². The Morgan fingerprint density at radius 1 is 1.44 bits per heavy atom. The number of hydrogen-bond acceptors (Lipinski definition) is 2. The molecule has 0 spiro atoms. The molecule has 1 aliphatic rings. The molecule has 0 bridgehead atoms. The van der Waals surface area contributed by atoms with Crippen LogP contribution < -0.4 is 10.6 Å². The third-order valence-electron chi connectivity index (χ3n) is 3.22.